The molecule has 0 bridgehead atoms. The maximum absolute atomic E-state index is 12.8. The van der Waals surface area contributed by atoms with Crippen LogP contribution in [-0.4, -0.2) is 19.3 Å². The Bertz CT molecular complexity index is 1130. The average molecular weight is 416 g/mol. The standard InChI is InChI=1S/C20H21N3O3S2/c1-12-9-10-16(28(25,26)23-18-8-6-5-7-13(18)2)11-17(12)19(24)22-20-21-14(3)15(4)27-20/h5-11,23H,1-4H3,(H,21,22,24). The van der Waals surface area contributed by atoms with E-state index in [4.69, 9.17) is 0 Å². The fourth-order valence-electron chi connectivity index (χ4n) is 2.59. The Hall–Kier alpha value is -2.71. The van der Waals surface area contributed by atoms with Crippen LogP contribution in [0.1, 0.15) is 32.1 Å². The molecule has 0 unspecified atom stereocenters. The summed E-state index contributed by atoms with van der Waals surface area (Å²) in [5.41, 5.74) is 3.14. The smallest absolute Gasteiger partial charge is 0.261 e. The van der Waals surface area contributed by atoms with Gasteiger partial charge in [0.05, 0.1) is 16.3 Å². The van der Waals surface area contributed by atoms with E-state index in [1.807, 2.05) is 32.9 Å². The first kappa shape index (κ1) is 20.0. The third kappa shape index (κ3) is 4.23. The molecule has 0 saturated carbocycles. The van der Waals surface area contributed by atoms with Gasteiger partial charge in [0.25, 0.3) is 15.9 Å². The summed E-state index contributed by atoms with van der Waals surface area (Å²) < 4.78 is 28.2. The van der Waals surface area contributed by atoms with Crippen LogP contribution in [0.25, 0.3) is 0 Å². The average Bonchev–Trinajstić information content (AvgIpc) is 2.94. The van der Waals surface area contributed by atoms with Gasteiger partial charge in [-0.15, -0.1) is 11.3 Å². The van der Waals surface area contributed by atoms with Gasteiger partial charge in [0.15, 0.2) is 5.13 Å². The van der Waals surface area contributed by atoms with Crippen LogP contribution >= 0.6 is 11.3 Å². The zero-order valence-corrected chi connectivity index (χ0v) is 17.7. The van der Waals surface area contributed by atoms with Crippen molar-refractivity contribution < 1.29 is 13.2 Å². The fraction of sp³-hybridized carbons (Fsp3) is 0.200. The number of hydrogen-bond acceptors (Lipinski definition) is 5. The first-order valence-electron chi connectivity index (χ1n) is 8.62. The predicted octanol–water partition coefficient (Wildman–Crippen LogP) is 4.43. The summed E-state index contributed by atoms with van der Waals surface area (Å²) in [4.78, 5) is 18.0. The second-order valence-corrected chi connectivity index (χ2v) is 9.40. The Kier molecular flexibility index (Phi) is 5.53. The normalized spacial score (nSPS) is 11.3. The molecule has 0 fully saturated rings. The Morgan fingerprint density at radius 3 is 2.36 bits per heavy atom. The molecule has 28 heavy (non-hydrogen) atoms. The molecule has 0 radical (unpaired) electrons. The van der Waals surface area contributed by atoms with Gasteiger partial charge >= 0.3 is 0 Å². The number of benzene rings is 2. The lowest BCUT2D eigenvalue weighted by Gasteiger charge is -2.12. The Balaban J connectivity index is 1.90. The molecule has 0 aliphatic heterocycles. The molecule has 3 rings (SSSR count). The number of nitrogens with one attached hydrogen (secondary N) is 2. The van der Waals surface area contributed by atoms with Crippen LogP contribution in [0.4, 0.5) is 10.8 Å². The van der Waals surface area contributed by atoms with Crippen LogP contribution in [-0.2, 0) is 10.0 Å². The summed E-state index contributed by atoms with van der Waals surface area (Å²) in [5.74, 6) is -0.390. The molecule has 3 aromatic rings. The molecular formula is C20H21N3O3S2. The molecule has 1 aromatic heterocycles. The highest BCUT2D eigenvalue weighted by molar-refractivity contribution is 7.92. The number of thiazole rings is 1. The second kappa shape index (κ2) is 7.73. The summed E-state index contributed by atoms with van der Waals surface area (Å²) in [7, 11) is -3.83. The quantitative estimate of drug-likeness (QED) is 0.645. The number of aromatic nitrogens is 1. The van der Waals surface area contributed by atoms with Gasteiger partial charge in [-0.3, -0.25) is 14.8 Å². The zero-order chi connectivity index (χ0) is 20.5. The molecule has 0 atom stereocenters. The summed E-state index contributed by atoms with van der Waals surface area (Å²) in [6, 6.07) is 11.6. The molecule has 0 aliphatic carbocycles. The number of nitrogens with zero attached hydrogens (tertiary/aromatic N) is 1. The van der Waals surface area contributed by atoms with Crippen LogP contribution in [0.5, 0.6) is 0 Å². The van der Waals surface area contributed by atoms with E-state index in [0.29, 0.717) is 16.4 Å². The number of aryl methyl sites for hydroxylation is 4. The number of amides is 1. The lowest BCUT2D eigenvalue weighted by atomic mass is 10.1. The van der Waals surface area contributed by atoms with Gasteiger partial charge in [0, 0.05) is 10.4 Å². The van der Waals surface area contributed by atoms with Gasteiger partial charge in [-0.1, -0.05) is 24.3 Å². The van der Waals surface area contributed by atoms with Crippen molar-refractivity contribution in [2.24, 2.45) is 0 Å². The third-order valence-electron chi connectivity index (χ3n) is 4.40. The second-order valence-electron chi connectivity index (χ2n) is 6.51. The Labute approximate surface area is 168 Å². The molecule has 2 N–H and O–H groups in total. The van der Waals surface area contributed by atoms with Crippen molar-refractivity contribution in [1.82, 2.24) is 4.98 Å². The summed E-state index contributed by atoms with van der Waals surface area (Å²) >= 11 is 1.38. The van der Waals surface area contributed by atoms with E-state index in [1.54, 1.807) is 25.1 Å². The van der Waals surface area contributed by atoms with E-state index >= 15 is 0 Å². The molecular weight excluding hydrogens is 394 g/mol. The van der Waals surface area contributed by atoms with Crippen LogP contribution < -0.4 is 10.0 Å². The first-order valence-corrected chi connectivity index (χ1v) is 10.9. The van der Waals surface area contributed by atoms with Crippen molar-refractivity contribution in [3.63, 3.8) is 0 Å². The molecule has 2 aromatic carbocycles. The number of carbonyl (C=O) groups is 1. The minimum atomic E-state index is -3.83. The number of anilines is 2. The van der Waals surface area contributed by atoms with Crippen LogP contribution in [0, 0.1) is 27.7 Å². The van der Waals surface area contributed by atoms with Crippen molar-refractivity contribution >= 4 is 38.1 Å². The molecule has 0 spiro atoms. The van der Waals surface area contributed by atoms with Gasteiger partial charge < -0.3 is 0 Å². The maximum atomic E-state index is 12.8. The summed E-state index contributed by atoms with van der Waals surface area (Å²) in [6.45, 7) is 7.39. The van der Waals surface area contributed by atoms with E-state index in [-0.39, 0.29) is 16.4 Å². The van der Waals surface area contributed by atoms with Crippen molar-refractivity contribution in [2.45, 2.75) is 32.6 Å². The lowest BCUT2D eigenvalue weighted by molar-refractivity contribution is 0.102. The van der Waals surface area contributed by atoms with Crippen molar-refractivity contribution in [1.29, 1.82) is 0 Å². The largest absolute Gasteiger partial charge is 0.298 e. The minimum Gasteiger partial charge on any atom is -0.298 e. The molecule has 0 saturated heterocycles. The predicted molar refractivity (Wildman–Crippen MR) is 113 cm³/mol. The minimum absolute atomic E-state index is 0.0259. The number of rotatable bonds is 5. The molecule has 146 valence electrons. The zero-order valence-electron chi connectivity index (χ0n) is 16.0. The van der Waals surface area contributed by atoms with Crippen molar-refractivity contribution in [3.05, 3.63) is 69.7 Å². The van der Waals surface area contributed by atoms with Gasteiger partial charge in [-0.25, -0.2) is 13.4 Å². The van der Waals surface area contributed by atoms with Crippen molar-refractivity contribution in [2.75, 3.05) is 10.0 Å². The number of sulfonamides is 1. The number of carbonyl (C=O) groups excluding carboxylic acids is 1. The maximum Gasteiger partial charge on any atom is 0.261 e. The SMILES string of the molecule is Cc1ccccc1NS(=O)(=O)c1ccc(C)c(C(=O)Nc2nc(C)c(C)s2)c1. The summed E-state index contributed by atoms with van der Waals surface area (Å²) in [5, 5.41) is 3.24. The number of para-hydroxylation sites is 1. The van der Waals surface area contributed by atoms with E-state index in [0.717, 1.165) is 16.1 Å². The third-order valence-corrected chi connectivity index (χ3v) is 6.75. The van der Waals surface area contributed by atoms with E-state index in [2.05, 4.69) is 15.0 Å². The monoisotopic (exact) mass is 415 g/mol. The van der Waals surface area contributed by atoms with Crippen molar-refractivity contribution in [3.8, 4) is 0 Å². The van der Waals surface area contributed by atoms with E-state index < -0.39 is 10.0 Å². The molecule has 1 amide bonds. The molecule has 1 heterocycles. The topological polar surface area (TPSA) is 88.2 Å². The summed E-state index contributed by atoms with van der Waals surface area (Å²) in [6.07, 6.45) is 0. The fourth-order valence-corrected chi connectivity index (χ4v) is 4.56. The lowest BCUT2D eigenvalue weighted by Crippen LogP contribution is -2.17. The van der Waals surface area contributed by atoms with Gasteiger partial charge in [0.1, 0.15) is 0 Å². The van der Waals surface area contributed by atoms with Crippen LogP contribution in [0.15, 0.2) is 47.4 Å². The Morgan fingerprint density at radius 2 is 1.71 bits per heavy atom. The Morgan fingerprint density at radius 1 is 1.00 bits per heavy atom. The van der Waals surface area contributed by atoms with E-state index in [9.17, 15) is 13.2 Å². The highest BCUT2D eigenvalue weighted by Gasteiger charge is 2.19. The van der Waals surface area contributed by atoms with Gasteiger partial charge in [0.2, 0.25) is 0 Å². The van der Waals surface area contributed by atoms with E-state index in [1.165, 1.54) is 23.5 Å². The van der Waals surface area contributed by atoms with Crippen LogP contribution in [0.3, 0.4) is 0 Å². The highest BCUT2D eigenvalue weighted by atomic mass is 32.2. The molecule has 6 nitrogen and oxygen atoms in total. The number of hydrogen-bond donors (Lipinski definition) is 2. The first-order chi connectivity index (χ1) is 13.2. The van der Waals surface area contributed by atoms with Gasteiger partial charge in [-0.05, 0) is 57.0 Å². The molecule has 8 heteroatoms. The van der Waals surface area contributed by atoms with Crippen LogP contribution in [0.2, 0.25) is 0 Å². The molecule has 0 aliphatic rings. The highest BCUT2D eigenvalue weighted by Crippen LogP contribution is 2.24. The van der Waals surface area contributed by atoms with Gasteiger partial charge in [-0.2, -0.15) is 0 Å².